The third-order valence-corrected chi connectivity index (χ3v) is 3.69. The summed E-state index contributed by atoms with van der Waals surface area (Å²) in [4.78, 5) is 27.8. The molecule has 6 heteroatoms. The van der Waals surface area contributed by atoms with E-state index in [-0.39, 0.29) is 17.6 Å². The summed E-state index contributed by atoms with van der Waals surface area (Å²) < 4.78 is 10.1. The van der Waals surface area contributed by atoms with Crippen molar-refractivity contribution in [2.45, 2.75) is 6.92 Å². The molecule has 126 valence electrons. The van der Waals surface area contributed by atoms with E-state index in [2.05, 4.69) is 4.99 Å². The van der Waals surface area contributed by atoms with Crippen LogP contribution in [0.1, 0.15) is 28.4 Å². The van der Waals surface area contributed by atoms with Gasteiger partial charge in [-0.05, 0) is 55.0 Å². The van der Waals surface area contributed by atoms with Crippen molar-refractivity contribution in [1.29, 1.82) is 0 Å². The van der Waals surface area contributed by atoms with Crippen molar-refractivity contribution < 1.29 is 19.1 Å². The van der Waals surface area contributed by atoms with E-state index in [0.717, 1.165) is 5.56 Å². The molecule has 0 radical (unpaired) electrons. The Kier molecular flexibility index (Phi) is 4.95. The zero-order chi connectivity index (χ0) is 17.8. The van der Waals surface area contributed by atoms with Crippen molar-refractivity contribution >= 4 is 35.5 Å². The molecule has 0 saturated heterocycles. The van der Waals surface area contributed by atoms with Gasteiger partial charge in [-0.1, -0.05) is 23.7 Å². The van der Waals surface area contributed by atoms with Crippen molar-refractivity contribution in [2.24, 2.45) is 4.99 Å². The van der Waals surface area contributed by atoms with Gasteiger partial charge in [0, 0.05) is 10.6 Å². The maximum absolute atomic E-state index is 12.0. The normalized spacial score (nSPS) is 15.0. The molecular formula is C19H14ClNO4. The van der Waals surface area contributed by atoms with Crippen LogP contribution < -0.4 is 0 Å². The number of halogens is 1. The number of esters is 2. The van der Waals surface area contributed by atoms with Crippen LogP contribution in [0.3, 0.4) is 0 Å². The zero-order valence-electron chi connectivity index (χ0n) is 13.4. The maximum Gasteiger partial charge on any atom is 0.363 e. The summed E-state index contributed by atoms with van der Waals surface area (Å²) in [6, 6.07) is 13.5. The van der Waals surface area contributed by atoms with Crippen LogP contribution in [0.5, 0.6) is 0 Å². The number of hydrogen-bond donors (Lipinski definition) is 0. The minimum Gasteiger partial charge on any atom is -0.462 e. The van der Waals surface area contributed by atoms with Gasteiger partial charge in [0.05, 0.1) is 12.2 Å². The van der Waals surface area contributed by atoms with E-state index < -0.39 is 5.97 Å². The topological polar surface area (TPSA) is 65.0 Å². The second-order valence-corrected chi connectivity index (χ2v) is 5.62. The number of aliphatic imine (C=N–C) groups is 1. The first-order chi connectivity index (χ1) is 12.1. The van der Waals surface area contributed by atoms with Crippen molar-refractivity contribution in [3.63, 3.8) is 0 Å². The van der Waals surface area contributed by atoms with Gasteiger partial charge in [-0.25, -0.2) is 14.6 Å². The number of benzene rings is 2. The van der Waals surface area contributed by atoms with Gasteiger partial charge in [0.2, 0.25) is 5.90 Å². The van der Waals surface area contributed by atoms with Crippen LogP contribution in [0.4, 0.5) is 0 Å². The maximum atomic E-state index is 12.0. The van der Waals surface area contributed by atoms with E-state index in [1.165, 1.54) is 0 Å². The molecule has 0 fully saturated rings. The summed E-state index contributed by atoms with van der Waals surface area (Å²) in [5, 5.41) is 0.589. The van der Waals surface area contributed by atoms with Crippen LogP contribution >= 0.6 is 11.6 Å². The zero-order valence-corrected chi connectivity index (χ0v) is 14.1. The molecule has 3 rings (SSSR count). The lowest BCUT2D eigenvalue weighted by molar-refractivity contribution is -0.129. The summed E-state index contributed by atoms with van der Waals surface area (Å²) in [6.45, 7) is 2.07. The molecule has 1 heterocycles. The van der Waals surface area contributed by atoms with Crippen LogP contribution in [0, 0.1) is 0 Å². The van der Waals surface area contributed by atoms with Crippen LogP contribution in [0.2, 0.25) is 5.02 Å². The fourth-order valence-electron chi connectivity index (χ4n) is 2.21. The van der Waals surface area contributed by atoms with E-state index >= 15 is 0 Å². The van der Waals surface area contributed by atoms with Gasteiger partial charge >= 0.3 is 11.9 Å². The highest BCUT2D eigenvalue weighted by atomic mass is 35.5. The lowest BCUT2D eigenvalue weighted by Gasteiger charge is -2.01. The fraction of sp³-hybridized carbons (Fsp3) is 0.105. The van der Waals surface area contributed by atoms with E-state index in [1.807, 2.05) is 0 Å². The summed E-state index contributed by atoms with van der Waals surface area (Å²) in [5.74, 6) is -0.680. The summed E-state index contributed by atoms with van der Waals surface area (Å²) in [6.07, 6.45) is 1.60. The second kappa shape index (κ2) is 7.32. The van der Waals surface area contributed by atoms with Crippen molar-refractivity contribution in [3.05, 3.63) is 75.9 Å². The SMILES string of the molecule is CCOC(=O)c1ccc(/C=C2\N=C(c3ccc(Cl)cc3)OC2=O)cc1. The molecule has 0 atom stereocenters. The number of carbonyl (C=O) groups excluding carboxylic acids is 2. The lowest BCUT2D eigenvalue weighted by Crippen LogP contribution is -2.05. The summed E-state index contributed by atoms with van der Waals surface area (Å²) in [5.41, 5.74) is 2.03. The molecule has 5 nitrogen and oxygen atoms in total. The number of nitrogens with zero attached hydrogens (tertiary/aromatic N) is 1. The van der Waals surface area contributed by atoms with E-state index in [1.54, 1.807) is 61.5 Å². The number of cyclic esters (lactones) is 1. The number of hydrogen-bond acceptors (Lipinski definition) is 5. The average molecular weight is 356 g/mol. The smallest absolute Gasteiger partial charge is 0.363 e. The third-order valence-electron chi connectivity index (χ3n) is 3.44. The fourth-order valence-corrected chi connectivity index (χ4v) is 2.34. The molecule has 0 spiro atoms. The largest absolute Gasteiger partial charge is 0.462 e. The highest BCUT2D eigenvalue weighted by molar-refractivity contribution is 6.30. The highest BCUT2D eigenvalue weighted by Gasteiger charge is 2.24. The van der Waals surface area contributed by atoms with Crippen molar-refractivity contribution in [2.75, 3.05) is 6.61 Å². The first-order valence-corrected chi connectivity index (χ1v) is 8.00. The molecular weight excluding hydrogens is 342 g/mol. The predicted octanol–water partition coefficient (Wildman–Crippen LogP) is 3.86. The minimum absolute atomic E-state index is 0.189. The standard InChI is InChI=1S/C19H14ClNO4/c1-2-24-18(22)14-5-3-12(4-6-14)11-16-19(23)25-17(21-16)13-7-9-15(20)10-8-13/h3-11H,2H2,1H3/b16-11-. The summed E-state index contributed by atoms with van der Waals surface area (Å²) >= 11 is 5.85. The first-order valence-electron chi connectivity index (χ1n) is 7.62. The van der Waals surface area contributed by atoms with Crippen LogP contribution in [-0.2, 0) is 14.3 Å². The van der Waals surface area contributed by atoms with Gasteiger partial charge in [-0.3, -0.25) is 0 Å². The Labute approximate surface area is 149 Å². The Morgan fingerprint density at radius 3 is 2.48 bits per heavy atom. The molecule has 0 saturated carbocycles. The molecule has 1 aliphatic rings. The van der Waals surface area contributed by atoms with E-state index in [0.29, 0.717) is 22.8 Å². The highest BCUT2D eigenvalue weighted by Crippen LogP contribution is 2.20. The van der Waals surface area contributed by atoms with Crippen LogP contribution in [0.25, 0.3) is 6.08 Å². The van der Waals surface area contributed by atoms with Gasteiger partial charge in [-0.15, -0.1) is 0 Å². The second-order valence-electron chi connectivity index (χ2n) is 5.19. The Balaban J connectivity index is 1.82. The van der Waals surface area contributed by atoms with Crippen LogP contribution in [-0.4, -0.2) is 24.4 Å². The Morgan fingerprint density at radius 2 is 1.84 bits per heavy atom. The molecule has 1 aliphatic heterocycles. The van der Waals surface area contributed by atoms with Crippen LogP contribution in [0.15, 0.2) is 59.2 Å². The molecule has 0 bridgehead atoms. The van der Waals surface area contributed by atoms with Gasteiger partial charge < -0.3 is 9.47 Å². The molecule has 0 aliphatic carbocycles. The first kappa shape index (κ1) is 16.9. The molecule has 0 amide bonds. The molecule has 0 aromatic heterocycles. The molecule has 2 aromatic rings. The quantitative estimate of drug-likeness (QED) is 0.617. The van der Waals surface area contributed by atoms with Crippen molar-refractivity contribution in [3.8, 4) is 0 Å². The Hall–Kier alpha value is -2.92. The van der Waals surface area contributed by atoms with Gasteiger partial charge in [0.1, 0.15) is 0 Å². The summed E-state index contributed by atoms with van der Waals surface area (Å²) in [7, 11) is 0. The molecule has 0 unspecified atom stereocenters. The number of rotatable bonds is 4. The van der Waals surface area contributed by atoms with Gasteiger partial charge in [0.25, 0.3) is 0 Å². The van der Waals surface area contributed by atoms with Gasteiger partial charge in [-0.2, -0.15) is 0 Å². The minimum atomic E-state index is -0.528. The Bertz CT molecular complexity index is 867. The molecule has 0 N–H and O–H groups in total. The number of ether oxygens (including phenoxy) is 2. The Morgan fingerprint density at radius 1 is 1.16 bits per heavy atom. The molecule has 25 heavy (non-hydrogen) atoms. The van der Waals surface area contributed by atoms with Gasteiger partial charge in [0.15, 0.2) is 5.70 Å². The lowest BCUT2D eigenvalue weighted by atomic mass is 10.1. The predicted molar refractivity (Wildman–Crippen MR) is 94.5 cm³/mol. The van der Waals surface area contributed by atoms with E-state index in [4.69, 9.17) is 21.1 Å². The average Bonchev–Trinajstić information content (AvgIpc) is 2.97. The van der Waals surface area contributed by atoms with Crippen molar-refractivity contribution in [1.82, 2.24) is 0 Å². The monoisotopic (exact) mass is 355 g/mol. The van der Waals surface area contributed by atoms with E-state index in [9.17, 15) is 9.59 Å². The third kappa shape index (κ3) is 3.95. The number of carbonyl (C=O) groups is 2. The molecule has 2 aromatic carbocycles.